The van der Waals surface area contributed by atoms with Crippen molar-refractivity contribution in [3.8, 4) is 11.1 Å². The van der Waals surface area contributed by atoms with Gasteiger partial charge in [0.05, 0.1) is 5.69 Å². The maximum Gasteiger partial charge on any atom is 0.0544 e. The zero-order valence-corrected chi connectivity index (χ0v) is 16.6. The number of fused-ring (bicyclic) bond motifs is 3. The second-order valence-corrected chi connectivity index (χ2v) is 9.39. The average Bonchev–Trinajstić information content (AvgIpc) is 2.83. The van der Waals surface area contributed by atoms with Gasteiger partial charge >= 0.3 is 0 Å². The normalized spacial score (nSPS) is 24.3. The molecular weight excluding hydrogens is 336 g/mol. The third kappa shape index (κ3) is 2.68. The summed E-state index contributed by atoms with van der Waals surface area (Å²) in [6, 6.07) is 14.9. The molecule has 3 aliphatic heterocycles. The van der Waals surface area contributed by atoms with Crippen LogP contribution in [0.4, 0.5) is 5.69 Å². The van der Waals surface area contributed by atoms with Crippen molar-refractivity contribution in [1.82, 2.24) is 5.32 Å². The van der Waals surface area contributed by atoms with Crippen molar-refractivity contribution in [3.63, 3.8) is 0 Å². The number of benzene rings is 2. The fraction of sp³-hybridized carbons (Fsp3) is 0.478. The summed E-state index contributed by atoms with van der Waals surface area (Å²) in [5, 5.41) is 3.64. The fourth-order valence-corrected chi connectivity index (χ4v) is 6.03. The molecule has 2 nitrogen and oxygen atoms in total. The maximum absolute atomic E-state index is 3.64. The standard InChI is InChI=1S/C23H28N2S/c1-15(2)16-4-6-17(7-5-16)18-12-19-20-14-24-9-8-21(20)25-10-3-11-26-22(13-18)23(19)25/h4-7,12-13,15,20-21,24H,3,8-11,14H2,1-2H3/t20-,21-/m1/s1. The summed E-state index contributed by atoms with van der Waals surface area (Å²) >= 11 is 2.07. The van der Waals surface area contributed by atoms with Crippen LogP contribution in [0, 0.1) is 0 Å². The number of anilines is 1. The van der Waals surface area contributed by atoms with Crippen LogP contribution in [0.25, 0.3) is 11.1 Å². The molecule has 0 aliphatic carbocycles. The molecule has 0 aromatic heterocycles. The highest BCUT2D eigenvalue weighted by molar-refractivity contribution is 7.99. The van der Waals surface area contributed by atoms with E-state index in [4.69, 9.17) is 0 Å². The number of rotatable bonds is 2. The van der Waals surface area contributed by atoms with Gasteiger partial charge in [-0.05, 0) is 65.4 Å². The number of hydrogen-bond acceptors (Lipinski definition) is 3. The lowest BCUT2D eigenvalue weighted by atomic mass is 9.88. The van der Waals surface area contributed by atoms with E-state index in [2.05, 4.69) is 72.2 Å². The molecule has 0 spiro atoms. The Hall–Kier alpha value is -1.45. The molecule has 3 aliphatic rings. The van der Waals surface area contributed by atoms with E-state index >= 15 is 0 Å². The minimum Gasteiger partial charge on any atom is -0.367 e. The van der Waals surface area contributed by atoms with E-state index in [-0.39, 0.29) is 0 Å². The summed E-state index contributed by atoms with van der Waals surface area (Å²) in [6.45, 7) is 8.06. The summed E-state index contributed by atoms with van der Waals surface area (Å²) in [6.07, 6.45) is 2.58. The van der Waals surface area contributed by atoms with Gasteiger partial charge in [0.15, 0.2) is 0 Å². The predicted molar refractivity (Wildman–Crippen MR) is 113 cm³/mol. The van der Waals surface area contributed by atoms with Gasteiger partial charge in [0.25, 0.3) is 0 Å². The number of nitrogens with zero attached hydrogens (tertiary/aromatic N) is 1. The number of thioether (sulfide) groups is 1. The zero-order valence-electron chi connectivity index (χ0n) is 15.8. The average molecular weight is 365 g/mol. The highest BCUT2D eigenvalue weighted by Crippen LogP contribution is 2.51. The first kappa shape index (κ1) is 16.7. The van der Waals surface area contributed by atoms with Crippen LogP contribution in [0.1, 0.15) is 49.7 Å². The lowest BCUT2D eigenvalue weighted by Gasteiger charge is -2.33. The summed E-state index contributed by atoms with van der Waals surface area (Å²) in [5.74, 6) is 2.49. The van der Waals surface area contributed by atoms with E-state index < -0.39 is 0 Å². The van der Waals surface area contributed by atoms with Gasteiger partial charge < -0.3 is 10.2 Å². The molecule has 2 aromatic carbocycles. The summed E-state index contributed by atoms with van der Waals surface area (Å²) in [4.78, 5) is 4.26. The SMILES string of the molecule is CC(C)c1ccc(-c2cc3c4c(c2)[C@H]2CNCC[C@H]2N4CCCS3)cc1. The van der Waals surface area contributed by atoms with Gasteiger partial charge in [-0.15, -0.1) is 11.8 Å². The first-order valence-electron chi connectivity index (χ1n) is 10.1. The minimum atomic E-state index is 0.590. The van der Waals surface area contributed by atoms with Crippen LogP contribution in [-0.4, -0.2) is 31.4 Å². The van der Waals surface area contributed by atoms with E-state index in [1.807, 2.05) is 0 Å². The monoisotopic (exact) mass is 364 g/mol. The molecule has 0 radical (unpaired) electrons. The van der Waals surface area contributed by atoms with Crippen LogP contribution in [0.2, 0.25) is 0 Å². The Labute approximate surface area is 161 Å². The lowest BCUT2D eigenvalue weighted by molar-refractivity contribution is 0.403. The van der Waals surface area contributed by atoms with E-state index in [9.17, 15) is 0 Å². The van der Waals surface area contributed by atoms with Gasteiger partial charge in [0.1, 0.15) is 0 Å². The molecule has 1 fully saturated rings. The van der Waals surface area contributed by atoms with Crippen LogP contribution in [-0.2, 0) is 0 Å². The molecule has 0 amide bonds. The summed E-state index contributed by atoms with van der Waals surface area (Å²) in [7, 11) is 0. The first-order chi connectivity index (χ1) is 12.7. The van der Waals surface area contributed by atoms with Gasteiger partial charge in [0, 0.05) is 29.9 Å². The third-order valence-electron chi connectivity index (χ3n) is 6.35. The quantitative estimate of drug-likeness (QED) is 0.785. The largest absolute Gasteiger partial charge is 0.367 e. The number of nitrogens with one attached hydrogen (secondary N) is 1. The van der Waals surface area contributed by atoms with Crippen molar-refractivity contribution >= 4 is 17.4 Å². The Morgan fingerprint density at radius 3 is 2.77 bits per heavy atom. The lowest BCUT2D eigenvalue weighted by Crippen LogP contribution is -2.44. The molecule has 0 unspecified atom stereocenters. The van der Waals surface area contributed by atoms with Crippen molar-refractivity contribution in [2.45, 2.75) is 49.5 Å². The second-order valence-electron chi connectivity index (χ2n) is 8.25. The fourth-order valence-electron chi connectivity index (χ4n) is 4.95. The summed E-state index contributed by atoms with van der Waals surface area (Å²) in [5.41, 5.74) is 7.34. The van der Waals surface area contributed by atoms with Crippen molar-refractivity contribution < 1.29 is 0 Å². The van der Waals surface area contributed by atoms with E-state index in [1.54, 1.807) is 11.3 Å². The predicted octanol–water partition coefficient (Wildman–Crippen LogP) is 5.24. The third-order valence-corrected chi connectivity index (χ3v) is 7.46. The van der Waals surface area contributed by atoms with Crippen LogP contribution in [0.15, 0.2) is 41.3 Å². The molecule has 1 N–H and O–H groups in total. The minimum absolute atomic E-state index is 0.590. The molecule has 3 heterocycles. The first-order valence-corrected chi connectivity index (χ1v) is 11.1. The van der Waals surface area contributed by atoms with Gasteiger partial charge in [-0.3, -0.25) is 0 Å². The van der Waals surface area contributed by atoms with Gasteiger partial charge in [0.2, 0.25) is 0 Å². The highest BCUT2D eigenvalue weighted by Gasteiger charge is 2.41. The van der Waals surface area contributed by atoms with Crippen molar-refractivity contribution in [1.29, 1.82) is 0 Å². The van der Waals surface area contributed by atoms with Crippen molar-refractivity contribution in [2.24, 2.45) is 0 Å². The Morgan fingerprint density at radius 1 is 1.12 bits per heavy atom. The molecule has 1 saturated heterocycles. The van der Waals surface area contributed by atoms with Gasteiger partial charge in [-0.1, -0.05) is 38.1 Å². The molecule has 136 valence electrons. The summed E-state index contributed by atoms with van der Waals surface area (Å²) < 4.78 is 0. The van der Waals surface area contributed by atoms with E-state index in [1.165, 1.54) is 46.7 Å². The topological polar surface area (TPSA) is 15.3 Å². The van der Waals surface area contributed by atoms with Crippen LogP contribution in [0.3, 0.4) is 0 Å². The van der Waals surface area contributed by atoms with Crippen LogP contribution >= 0.6 is 11.8 Å². The number of piperidine rings is 1. The molecule has 0 bridgehead atoms. The second kappa shape index (κ2) is 6.61. The molecule has 0 saturated carbocycles. The molecule has 26 heavy (non-hydrogen) atoms. The molecule has 3 heteroatoms. The van der Waals surface area contributed by atoms with Crippen molar-refractivity contribution in [3.05, 3.63) is 47.5 Å². The van der Waals surface area contributed by atoms with Gasteiger partial charge in [-0.25, -0.2) is 0 Å². The van der Waals surface area contributed by atoms with E-state index in [0.717, 1.165) is 13.1 Å². The molecule has 5 rings (SSSR count). The number of hydrogen-bond donors (Lipinski definition) is 1. The Bertz CT molecular complexity index is 812. The molecule has 2 atom stereocenters. The zero-order chi connectivity index (χ0) is 17.7. The smallest absolute Gasteiger partial charge is 0.0544 e. The Balaban J connectivity index is 1.61. The van der Waals surface area contributed by atoms with Crippen LogP contribution < -0.4 is 10.2 Å². The van der Waals surface area contributed by atoms with Gasteiger partial charge in [-0.2, -0.15) is 0 Å². The Morgan fingerprint density at radius 2 is 1.96 bits per heavy atom. The Kier molecular flexibility index (Phi) is 4.25. The van der Waals surface area contributed by atoms with Crippen LogP contribution in [0.5, 0.6) is 0 Å². The maximum atomic E-state index is 3.64. The highest BCUT2D eigenvalue weighted by atomic mass is 32.2. The van der Waals surface area contributed by atoms with Crippen molar-refractivity contribution in [2.75, 3.05) is 30.3 Å². The van der Waals surface area contributed by atoms with E-state index in [0.29, 0.717) is 17.9 Å². The molecule has 2 aromatic rings. The molecular formula is C23H28N2S.